The third-order valence-corrected chi connectivity index (χ3v) is 15.1. The first-order valence-corrected chi connectivity index (χ1v) is 23.8. The lowest BCUT2D eigenvalue weighted by atomic mass is 9.67. The van der Waals surface area contributed by atoms with E-state index >= 15 is 0 Å². The van der Waals surface area contributed by atoms with Crippen LogP contribution in [0.15, 0.2) is 267 Å². The molecule has 0 heterocycles. The minimum atomic E-state index is -0.542. The zero-order valence-corrected chi connectivity index (χ0v) is 37.9. The molecule has 13 rings (SSSR count). The third-order valence-electron chi connectivity index (χ3n) is 15.1. The molecular weight excluding hydrogens is 819 g/mol. The number of anilines is 3. The third kappa shape index (κ3) is 5.89. The molecule has 0 fully saturated rings. The molecule has 1 heteroatoms. The van der Waals surface area contributed by atoms with Gasteiger partial charge in [-0.15, -0.1) is 0 Å². The van der Waals surface area contributed by atoms with E-state index in [9.17, 15) is 0 Å². The van der Waals surface area contributed by atoms with Crippen LogP contribution in [0.5, 0.6) is 0 Å². The van der Waals surface area contributed by atoms with Gasteiger partial charge in [0, 0.05) is 22.4 Å². The fourth-order valence-electron chi connectivity index (χ4n) is 12.0. The Hall–Kier alpha value is -8.52. The van der Waals surface area contributed by atoms with Crippen LogP contribution in [0.2, 0.25) is 0 Å². The van der Waals surface area contributed by atoms with Crippen molar-refractivity contribution in [2.45, 2.75) is 17.8 Å². The molecule has 320 valence electrons. The zero-order valence-electron chi connectivity index (χ0n) is 37.9. The smallest absolute Gasteiger partial charge is 0.0714 e. The average molecular weight is 866 g/mol. The fraction of sp³-hybridized carbons (Fsp3) is 0.0448. The average Bonchev–Trinajstić information content (AvgIpc) is 3.87. The lowest BCUT2D eigenvalue weighted by molar-refractivity contribution is 0.714. The van der Waals surface area contributed by atoms with Crippen LogP contribution in [0.4, 0.5) is 17.1 Å². The summed E-state index contributed by atoms with van der Waals surface area (Å²) in [5.41, 5.74) is 21.4. The van der Waals surface area contributed by atoms with Crippen molar-refractivity contribution in [3.63, 3.8) is 0 Å². The Morgan fingerprint density at radius 1 is 0.309 bits per heavy atom. The van der Waals surface area contributed by atoms with Crippen molar-refractivity contribution in [1.82, 2.24) is 0 Å². The molecule has 2 aliphatic rings. The van der Waals surface area contributed by atoms with E-state index in [0.717, 1.165) is 17.1 Å². The summed E-state index contributed by atoms with van der Waals surface area (Å²) in [6.45, 7) is 2.40. The fourth-order valence-corrected chi connectivity index (χ4v) is 12.0. The van der Waals surface area contributed by atoms with Gasteiger partial charge in [-0.05, 0) is 126 Å². The predicted molar refractivity (Wildman–Crippen MR) is 284 cm³/mol. The van der Waals surface area contributed by atoms with E-state index in [1.165, 1.54) is 94.2 Å². The van der Waals surface area contributed by atoms with Crippen LogP contribution < -0.4 is 4.90 Å². The van der Waals surface area contributed by atoms with Crippen LogP contribution in [0.3, 0.4) is 0 Å². The molecule has 2 aliphatic carbocycles. The Balaban J connectivity index is 1.06. The van der Waals surface area contributed by atoms with Crippen molar-refractivity contribution < 1.29 is 0 Å². The van der Waals surface area contributed by atoms with E-state index in [1.807, 2.05) is 0 Å². The Bertz CT molecular complexity index is 3640. The number of hydrogen-bond acceptors (Lipinski definition) is 1. The zero-order chi connectivity index (χ0) is 45.2. The van der Waals surface area contributed by atoms with Crippen molar-refractivity contribution in [2.24, 2.45) is 0 Å². The molecule has 0 bridgehead atoms. The van der Waals surface area contributed by atoms with Gasteiger partial charge in [0.2, 0.25) is 0 Å². The highest BCUT2D eigenvalue weighted by molar-refractivity contribution is 6.01. The molecule has 0 N–H and O–H groups in total. The summed E-state index contributed by atoms with van der Waals surface area (Å²) in [6.07, 6.45) is 0. The van der Waals surface area contributed by atoms with Gasteiger partial charge in [0.15, 0.2) is 0 Å². The van der Waals surface area contributed by atoms with Crippen LogP contribution in [-0.4, -0.2) is 0 Å². The van der Waals surface area contributed by atoms with Gasteiger partial charge in [0.25, 0.3) is 0 Å². The molecular formula is C67H47N. The molecule has 1 unspecified atom stereocenters. The van der Waals surface area contributed by atoms with Gasteiger partial charge in [0.1, 0.15) is 0 Å². The molecule has 0 spiro atoms. The van der Waals surface area contributed by atoms with Crippen LogP contribution in [0.1, 0.15) is 45.9 Å². The van der Waals surface area contributed by atoms with Crippen LogP contribution in [0.25, 0.3) is 55.3 Å². The normalized spacial score (nSPS) is 15.0. The number of rotatable bonds is 8. The Kier molecular flexibility index (Phi) is 9.27. The highest BCUT2D eigenvalue weighted by Gasteiger charge is 2.47. The Labute approximate surface area is 398 Å². The number of benzene rings is 11. The second-order valence-corrected chi connectivity index (χ2v) is 18.4. The van der Waals surface area contributed by atoms with Crippen molar-refractivity contribution in [3.05, 3.63) is 306 Å². The summed E-state index contributed by atoms with van der Waals surface area (Å²) in [5, 5.41) is 2.49. The van der Waals surface area contributed by atoms with E-state index in [2.05, 4.69) is 279 Å². The van der Waals surface area contributed by atoms with Gasteiger partial charge in [-0.2, -0.15) is 0 Å². The minimum Gasteiger partial charge on any atom is -0.310 e. The summed E-state index contributed by atoms with van der Waals surface area (Å²) >= 11 is 0. The second-order valence-electron chi connectivity index (χ2n) is 18.4. The van der Waals surface area contributed by atoms with E-state index in [0.29, 0.717) is 0 Å². The van der Waals surface area contributed by atoms with E-state index < -0.39 is 5.41 Å². The first kappa shape index (κ1) is 39.8. The molecule has 1 atom stereocenters. The lowest BCUT2D eigenvalue weighted by Crippen LogP contribution is -2.28. The maximum atomic E-state index is 2.50. The molecule has 0 saturated heterocycles. The first-order chi connectivity index (χ1) is 33.6. The van der Waals surface area contributed by atoms with Gasteiger partial charge in [-0.1, -0.05) is 237 Å². The molecule has 1 nitrogen and oxygen atoms in total. The summed E-state index contributed by atoms with van der Waals surface area (Å²) in [5.74, 6) is 0. The number of hydrogen-bond donors (Lipinski definition) is 0. The van der Waals surface area contributed by atoms with Crippen molar-refractivity contribution in [1.29, 1.82) is 0 Å². The predicted octanol–water partition coefficient (Wildman–Crippen LogP) is 17.3. The van der Waals surface area contributed by atoms with Crippen LogP contribution in [0, 0.1) is 0 Å². The van der Waals surface area contributed by atoms with Gasteiger partial charge < -0.3 is 4.90 Å². The summed E-state index contributed by atoms with van der Waals surface area (Å²) in [4.78, 5) is 2.50. The standard InChI is InChI=1S/C67H47N/c1-66(48-23-5-2-6-24-48)60-35-16-14-32-59(60)65-58(34-20-37-62(65)66)57-31-15-18-38-64(57)68(51-41-39-47(40-42-51)54-33-19-22-46-21-11-12-29-53(46)54)52-43-44-56-55-30-13-17-36-61(55)67(63(56)45-52,49-25-7-3-8-26-49)50-27-9-4-10-28-50/h2-45H,1H3. The quantitative estimate of drug-likeness (QED) is 0.147. The maximum absolute atomic E-state index is 2.50. The van der Waals surface area contributed by atoms with Crippen LogP contribution in [-0.2, 0) is 10.8 Å². The molecule has 0 saturated carbocycles. The number of nitrogens with zero attached hydrogens (tertiary/aromatic N) is 1. The largest absolute Gasteiger partial charge is 0.310 e. The SMILES string of the molecule is CC1(c2ccccc2)c2ccccc2-c2c(-c3ccccc3N(c3ccc(-c4cccc5ccccc45)cc3)c3ccc4c(c3)C(c3ccccc3)(c3ccccc3)c3ccccc3-4)cccc21. The molecule has 0 aliphatic heterocycles. The van der Waals surface area contributed by atoms with Crippen molar-refractivity contribution in [3.8, 4) is 44.5 Å². The summed E-state index contributed by atoms with van der Waals surface area (Å²) in [6, 6.07) is 99.0. The van der Waals surface area contributed by atoms with E-state index in [4.69, 9.17) is 0 Å². The van der Waals surface area contributed by atoms with E-state index in [-0.39, 0.29) is 5.41 Å². The Morgan fingerprint density at radius 2 is 0.809 bits per heavy atom. The second kappa shape index (κ2) is 15.8. The Morgan fingerprint density at radius 3 is 1.54 bits per heavy atom. The monoisotopic (exact) mass is 865 g/mol. The van der Waals surface area contributed by atoms with Gasteiger partial charge in [0.05, 0.1) is 11.1 Å². The van der Waals surface area contributed by atoms with Gasteiger partial charge >= 0.3 is 0 Å². The van der Waals surface area contributed by atoms with Crippen molar-refractivity contribution in [2.75, 3.05) is 4.90 Å². The van der Waals surface area contributed by atoms with E-state index in [1.54, 1.807) is 0 Å². The molecule has 0 aromatic heterocycles. The molecule has 0 amide bonds. The van der Waals surface area contributed by atoms with Gasteiger partial charge in [-0.25, -0.2) is 0 Å². The number of para-hydroxylation sites is 1. The van der Waals surface area contributed by atoms with Crippen LogP contribution >= 0.6 is 0 Å². The molecule has 68 heavy (non-hydrogen) atoms. The molecule has 0 radical (unpaired) electrons. The maximum Gasteiger partial charge on any atom is 0.0714 e. The van der Waals surface area contributed by atoms with Gasteiger partial charge in [-0.3, -0.25) is 0 Å². The first-order valence-electron chi connectivity index (χ1n) is 23.8. The number of fused-ring (bicyclic) bond motifs is 7. The minimum absolute atomic E-state index is 0.317. The molecule has 11 aromatic rings. The van der Waals surface area contributed by atoms with Crippen molar-refractivity contribution >= 4 is 27.8 Å². The highest BCUT2D eigenvalue weighted by atomic mass is 15.1. The molecule has 11 aromatic carbocycles. The topological polar surface area (TPSA) is 3.24 Å². The highest BCUT2D eigenvalue weighted by Crippen LogP contribution is 2.59. The lowest BCUT2D eigenvalue weighted by Gasteiger charge is -2.35. The summed E-state index contributed by atoms with van der Waals surface area (Å²) in [7, 11) is 0. The summed E-state index contributed by atoms with van der Waals surface area (Å²) < 4.78 is 0.